The third kappa shape index (κ3) is 3.41. The van der Waals surface area contributed by atoms with Crippen LogP contribution >= 0.6 is 0 Å². The van der Waals surface area contributed by atoms with E-state index in [0.717, 1.165) is 0 Å². The smallest absolute Gasteiger partial charge is 0.272 e. The summed E-state index contributed by atoms with van der Waals surface area (Å²) in [5.41, 5.74) is 5.35. The van der Waals surface area contributed by atoms with Crippen molar-refractivity contribution in [3.8, 4) is 0 Å². The molecule has 18 heavy (non-hydrogen) atoms. The lowest BCUT2D eigenvalue weighted by Gasteiger charge is -2.18. The van der Waals surface area contributed by atoms with Crippen LogP contribution in [0.2, 0.25) is 0 Å². The standard InChI is InChI=1S/C11H17N5O2/c1-6(2)9(10(12)17)14-11(18)7-4-5-8(13-3)16-15-7/h4-6,9H,1-3H3,(H2,12,17)(H,13,16)(H,14,18). The average Bonchev–Trinajstić information content (AvgIpc) is 2.35. The normalized spacial score (nSPS) is 12.0. The summed E-state index contributed by atoms with van der Waals surface area (Å²) < 4.78 is 0. The number of hydrogen-bond acceptors (Lipinski definition) is 5. The summed E-state index contributed by atoms with van der Waals surface area (Å²) in [6.45, 7) is 3.59. The number of nitrogens with zero attached hydrogens (tertiary/aromatic N) is 2. The molecule has 0 bridgehead atoms. The third-order valence-corrected chi connectivity index (χ3v) is 2.41. The number of hydrogen-bond donors (Lipinski definition) is 3. The summed E-state index contributed by atoms with van der Waals surface area (Å²) in [7, 11) is 1.70. The molecule has 1 aromatic rings. The molecule has 0 saturated carbocycles. The SMILES string of the molecule is CNc1ccc(C(=O)NC(C(N)=O)C(C)C)nn1. The van der Waals surface area contributed by atoms with Crippen molar-refractivity contribution >= 4 is 17.6 Å². The number of amides is 2. The second-order valence-electron chi connectivity index (χ2n) is 4.15. The molecule has 7 heteroatoms. The number of aromatic nitrogens is 2. The van der Waals surface area contributed by atoms with E-state index in [4.69, 9.17) is 5.73 Å². The van der Waals surface area contributed by atoms with Crippen LogP contribution in [0.15, 0.2) is 12.1 Å². The molecule has 0 spiro atoms. The Hall–Kier alpha value is -2.18. The molecule has 0 aliphatic carbocycles. The fourth-order valence-electron chi connectivity index (χ4n) is 1.37. The van der Waals surface area contributed by atoms with Gasteiger partial charge in [0.1, 0.15) is 11.9 Å². The first kappa shape index (κ1) is 13.9. The summed E-state index contributed by atoms with van der Waals surface area (Å²) in [5, 5.41) is 12.8. The summed E-state index contributed by atoms with van der Waals surface area (Å²) in [4.78, 5) is 23.0. The van der Waals surface area contributed by atoms with Gasteiger partial charge in [0.2, 0.25) is 5.91 Å². The first-order valence-electron chi connectivity index (χ1n) is 5.57. The maximum absolute atomic E-state index is 11.8. The van der Waals surface area contributed by atoms with Crippen LogP contribution in [0.3, 0.4) is 0 Å². The molecule has 0 saturated heterocycles. The van der Waals surface area contributed by atoms with Gasteiger partial charge in [-0.05, 0) is 18.1 Å². The zero-order chi connectivity index (χ0) is 13.7. The molecule has 0 fully saturated rings. The van der Waals surface area contributed by atoms with Crippen molar-refractivity contribution in [2.45, 2.75) is 19.9 Å². The number of nitrogens with one attached hydrogen (secondary N) is 2. The zero-order valence-corrected chi connectivity index (χ0v) is 10.6. The predicted molar refractivity (Wildman–Crippen MR) is 66.9 cm³/mol. The van der Waals surface area contributed by atoms with Crippen LogP contribution < -0.4 is 16.4 Å². The van der Waals surface area contributed by atoms with Crippen LogP contribution in [0.4, 0.5) is 5.82 Å². The molecule has 4 N–H and O–H groups in total. The minimum atomic E-state index is -0.719. The van der Waals surface area contributed by atoms with Crippen molar-refractivity contribution in [3.05, 3.63) is 17.8 Å². The minimum absolute atomic E-state index is 0.0870. The van der Waals surface area contributed by atoms with E-state index in [-0.39, 0.29) is 11.6 Å². The summed E-state index contributed by atoms with van der Waals surface area (Å²) in [6, 6.07) is 2.42. The Balaban J connectivity index is 2.77. The number of nitrogens with two attached hydrogens (primary N) is 1. The molecule has 0 radical (unpaired) electrons. The molecule has 1 aromatic heterocycles. The van der Waals surface area contributed by atoms with Crippen molar-refractivity contribution < 1.29 is 9.59 Å². The highest BCUT2D eigenvalue weighted by molar-refractivity contribution is 5.95. The molecule has 0 aliphatic heterocycles. The van der Waals surface area contributed by atoms with Gasteiger partial charge in [0.15, 0.2) is 5.69 Å². The molecule has 98 valence electrons. The Morgan fingerprint density at radius 1 is 1.28 bits per heavy atom. The molecule has 1 unspecified atom stereocenters. The molecular formula is C11H17N5O2. The van der Waals surface area contributed by atoms with Gasteiger partial charge < -0.3 is 16.4 Å². The van der Waals surface area contributed by atoms with E-state index < -0.39 is 17.9 Å². The predicted octanol–water partition coefficient (Wildman–Crippen LogP) is -0.242. The van der Waals surface area contributed by atoms with E-state index in [9.17, 15) is 9.59 Å². The van der Waals surface area contributed by atoms with Gasteiger partial charge in [0, 0.05) is 7.05 Å². The van der Waals surface area contributed by atoms with Gasteiger partial charge in [0.05, 0.1) is 0 Å². The fraction of sp³-hybridized carbons (Fsp3) is 0.455. The largest absolute Gasteiger partial charge is 0.372 e. The first-order chi connectivity index (χ1) is 8.45. The second-order valence-corrected chi connectivity index (χ2v) is 4.15. The minimum Gasteiger partial charge on any atom is -0.372 e. The topological polar surface area (TPSA) is 110 Å². The average molecular weight is 251 g/mol. The Morgan fingerprint density at radius 2 is 1.94 bits per heavy atom. The number of carbonyl (C=O) groups excluding carboxylic acids is 2. The summed E-state index contributed by atoms with van der Waals surface area (Å²) in [5.74, 6) is -0.571. The van der Waals surface area contributed by atoms with Crippen LogP contribution in [0, 0.1) is 5.92 Å². The Kier molecular flexibility index (Phi) is 4.59. The maximum Gasteiger partial charge on any atom is 0.272 e. The first-order valence-corrected chi connectivity index (χ1v) is 5.57. The molecule has 1 heterocycles. The second kappa shape index (κ2) is 5.95. The van der Waals surface area contributed by atoms with Crippen LogP contribution in [-0.4, -0.2) is 35.1 Å². The van der Waals surface area contributed by atoms with Crippen LogP contribution in [0.1, 0.15) is 24.3 Å². The van der Waals surface area contributed by atoms with E-state index in [1.54, 1.807) is 27.0 Å². The van der Waals surface area contributed by atoms with E-state index in [0.29, 0.717) is 5.82 Å². The number of carbonyl (C=O) groups is 2. The Labute approximate surface area is 105 Å². The fourth-order valence-corrected chi connectivity index (χ4v) is 1.37. The van der Waals surface area contributed by atoms with Gasteiger partial charge in [-0.1, -0.05) is 13.8 Å². The van der Waals surface area contributed by atoms with E-state index in [1.165, 1.54) is 6.07 Å². The monoisotopic (exact) mass is 251 g/mol. The molecule has 7 nitrogen and oxygen atoms in total. The molecule has 0 aliphatic rings. The number of anilines is 1. The Morgan fingerprint density at radius 3 is 2.33 bits per heavy atom. The van der Waals surface area contributed by atoms with Crippen LogP contribution in [0.5, 0.6) is 0 Å². The molecule has 1 atom stereocenters. The highest BCUT2D eigenvalue weighted by Gasteiger charge is 2.22. The van der Waals surface area contributed by atoms with Gasteiger partial charge in [-0.3, -0.25) is 9.59 Å². The van der Waals surface area contributed by atoms with Crippen molar-refractivity contribution in [2.24, 2.45) is 11.7 Å². The molecule has 1 rings (SSSR count). The lowest BCUT2D eigenvalue weighted by molar-refractivity contribution is -0.120. The van der Waals surface area contributed by atoms with Gasteiger partial charge >= 0.3 is 0 Å². The van der Waals surface area contributed by atoms with Crippen molar-refractivity contribution in [1.29, 1.82) is 0 Å². The van der Waals surface area contributed by atoms with E-state index in [1.807, 2.05) is 0 Å². The van der Waals surface area contributed by atoms with Gasteiger partial charge in [-0.25, -0.2) is 0 Å². The van der Waals surface area contributed by atoms with Gasteiger partial charge in [-0.15, -0.1) is 10.2 Å². The van der Waals surface area contributed by atoms with Crippen LogP contribution in [-0.2, 0) is 4.79 Å². The lowest BCUT2D eigenvalue weighted by atomic mass is 10.0. The molecule has 0 aromatic carbocycles. The van der Waals surface area contributed by atoms with Crippen molar-refractivity contribution in [1.82, 2.24) is 15.5 Å². The highest BCUT2D eigenvalue weighted by atomic mass is 16.2. The lowest BCUT2D eigenvalue weighted by Crippen LogP contribution is -2.47. The summed E-state index contributed by atoms with van der Waals surface area (Å²) in [6.07, 6.45) is 0. The quantitative estimate of drug-likeness (QED) is 0.669. The molecule has 2 amide bonds. The summed E-state index contributed by atoms with van der Waals surface area (Å²) >= 11 is 0. The van der Waals surface area contributed by atoms with E-state index in [2.05, 4.69) is 20.8 Å². The number of primary amides is 1. The zero-order valence-electron chi connectivity index (χ0n) is 10.6. The molecular weight excluding hydrogens is 234 g/mol. The van der Waals surface area contributed by atoms with Crippen molar-refractivity contribution in [2.75, 3.05) is 12.4 Å². The van der Waals surface area contributed by atoms with E-state index >= 15 is 0 Å². The van der Waals surface area contributed by atoms with Gasteiger partial charge in [0.25, 0.3) is 5.91 Å². The van der Waals surface area contributed by atoms with Gasteiger partial charge in [-0.2, -0.15) is 0 Å². The number of rotatable bonds is 5. The highest BCUT2D eigenvalue weighted by Crippen LogP contribution is 2.04. The van der Waals surface area contributed by atoms with Crippen molar-refractivity contribution in [3.63, 3.8) is 0 Å². The maximum atomic E-state index is 11.8. The van der Waals surface area contributed by atoms with Crippen LogP contribution in [0.25, 0.3) is 0 Å². The Bertz CT molecular complexity index is 430. The third-order valence-electron chi connectivity index (χ3n) is 2.41.